The van der Waals surface area contributed by atoms with Crippen LogP contribution in [0.4, 0.5) is 0 Å². The Bertz CT molecular complexity index is 528. The summed E-state index contributed by atoms with van der Waals surface area (Å²) in [5.74, 6) is -0.325. The topological polar surface area (TPSA) is 65.2 Å². The van der Waals surface area contributed by atoms with Crippen molar-refractivity contribution in [3.8, 4) is 0 Å². The van der Waals surface area contributed by atoms with E-state index < -0.39 is 5.41 Å². The molecule has 0 aliphatic heterocycles. The number of methoxy groups -OCH3 is 1. The zero-order valence-electron chi connectivity index (χ0n) is 10.7. The lowest BCUT2D eigenvalue weighted by Crippen LogP contribution is -2.45. The van der Waals surface area contributed by atoms with Crippen LogP contribution in [0.3, 0.4) is 0 Å². The lowest BCUT2D eigenvalue weighted by atomic mass is 9.76. The van der Waals surface area contributed by atoms with Gasteiger partial charge in [-0.15, -0.1) is 11.3 Å². The Labute approximate surface area is 116 Å². The summed E-state index contributed by atoms with van der Waals surface area (Å²) >= 11 is 1.50. The lowest BCUT2D eigenvalue weighted by molar-refractivity contribution is -0.147. The molecule has 5 heteroatoms. The van der Waals surface area contributed by atoms with Crippen LogP contribution in [-0.4, -0.2) is 24.6 Å². The van der Waals surface area contributed by atoms with E-state index in [2.05, 4.69) is 4.98 Å². The highest BCUT2D eigenvalue weighted by atomic mass is 32.1. The number of thiazole rings is 1. The Morgan fingerprint density at radius 3 is 2.68 bits per heavy atom. The molecule has 2 N–H and O–H groups in total. The fraction of sp³-hybridized carbons (Fsp3) is 0.286. The second-order valence-corrected chi connectivity index (χ2v) is 5.02. The van der Waals surface area contributed by atoms with Crippen molar-refractivity contribution in [2.24, 2.45) is 5.73 Å². The van der Waals surface area contributed by atoms with Gasteiger partial charge in [-0.05, 0) is 5.56 Å². The van der Waals surface area contributed by atoms with Crippen LogP contribution in [0.1, 0.15) is 11.3 Å². The molecule has 0 saturated heterocycles. The van der Waals surface area contributed by atoms with E-state index in [0.717, 1.165) is 11.3 Å². The number of benzene rings is 1. The molecule has 0 amide bonds. The minimum absolute atomic E-state index is 0.182. The summed E-state index contributed by atoms with van der Waals surface area (Å²) in [5.41, 5.74) is 8.50. The summed E-state index contributed by atoms with van der Waals surface area (Å²) in [5, 5.41) is 1.93. The standard InChI is InChI=1S/C14H16N2O2S/c1-18-13(17)14(9-15,7-12-8-19-10-16-12)11-5-3-2-4-6-11/h2-6,8,10H,7,9,15H2,1H3. The van der Waals surface area contributed by atoms with E-state index in [0.29, 0.717) is 6.42 Å². The van der Waals surface area contributed by atoms with Crippen LogP contribution < -0.4 is 5.73 Å². The Morgan fingerprint density at radius 2 is 2.16 bits per heavy atom. The summed E-state index contributed by atoms with van der Waals surface area (Å²) in [6, 6.07) is 9.49. The normalized spacial score (nSPS) is 13.8. The fourth-order valence-corrected chi connectivity index (χ4v) is 2.71. The van der Waals surface area contributed by atoms with E-state index in [4.69, 9.17) is 10.5 Å². The molecule has 19 heavy (non-hydrogen) atoms. The van der Waals surface area contributed by atoms with Gasteiger partial charge in [-0.2, -0.15) is 0 Å². The van der Waals surface area contributed by atoms with Crippen molar-refractivity contribution in [2.45, 2.75) is 11.8 Å². The zero-order valence-corrected chi connectivity index (χ0v) is 11.5. The molecule has 100 valence electrons. The first-order valence-electron chi connectivity index (χ1n) is 5.94. The first kappa shape index (κ1) is 13.7. The van der Waals surface area contributed by atoms with Gasteiger partial charge >= 0.3 is 5.97 Å². The molecule has 0 fully saturated rings. The van der Waals surface area contributed by atoms with Gasteiger partial charge < -0.3 is 10.5 Å². The van der Waals surface area contributed by atoms with Crippen molar-refractivity contribution in [3.63, 3.8) is 0 Å². The van der Waals surface area contributed by atoms with E-state index in [1.165, 1.54) is 18.4 Å². The number of rotatable bonds is 5. The first-order valence-corrected chi connectivity index (χ1v) is 6.88. The fourth-order valence-electron chi connectivity index (χ4n) is 2.15. The number of aromatic nitrogens is 1. The van der Waals surface area contributed by atoms with Gasteiger partial charge in [0, 0.05) is 18.3 Å². The molecule has 2 rings (SSSR count). The number of carbonyl (C=O) groups is 1. The number of ether oxygens (including phenoxy) is 1. The third-order valence-electron chi connectivity index (χ3n) is 3.22. The number of carbonyl (C=O) groups excluding carboxylic acids is 1. The average molecular weight is 276 g/mol. The van der Waals surface area contributed by atoms with Crippen molar-refractivity contribution in [1.29, 1.82) is 0 Å². The van der Waals surface area contributed by atoms with Gasteiger partial charge in [0.05, 0.1) is 18.3 Å². The second kappa shape index (κ2) is 5.95. The maximum absolute atomic E-state index is 12.3. The number of nitrogens with two attached hydrogens (primary N) is 1. The van der Waals surface area contributed by atoms with E-state index in [-0.39, 0.29) is 12.5 Å². The molecule has 2 aromatic rings. The zero-order chi connectivity index (χ0) is 13.7. The molecular weight excluding hydrogens is 260 g/mol. The van der Waals surface area contributed by atoms with Gasteiger partial charge in [-0.3, -0.25) is 4.79 Å². The first-order chi connectivity index (χ1) is 9.23. The van der Waals surface area contributed by atoms with Crippen molar-refractivity contribution in [1.82, 2.24) is 4.98 Å². The predicted octanol–water partition coefficient (Wildman–Crippen LogP) is 1.76. The Kier molecular flexibility index (Phi) is 4.29. The summed E-state index contributed by atoms with van der Waals surface area (Å²) in [6.07, 6.45) is 0.448. The van der Waals surface area contributed by atoms with E-state index >= 15 is 0 Å². The minimum Gasteiger partial charge on any atom is -0.468 e. The molecule has 4 nitrogen and oxygen atoms in total. The molecule has 1 heterocycles. The largest absolute Gasteiger partial charge is 0.468 e. The SMILES string of the molecule is COC(=O)C(CN)(Cc1cscn1)c1ccccc1. The Hall–Kier alpha value is -1.72. The third kappa shape index (κ3) is 2.67. The van der Waals surface area contributed by atoms with Crippen molar-refractivity contribution in [3.05, 3.63) is 52.5 Å². The van der Waals surface area contributed by atoms with Crippen LogP contribution in [0.15, 0.2) is 41.2 Å². The summed E-state index contributed by atoms with van der Waals surface area (Å²) in [6.45, 7) is 0.182. The van der Waals surface area contributed by atoms with Crippen molar-refractivity contribution < 1.29 is 9.53 Å². The quantitative estimate of drug-likeness (QED) is 0.845. The third-order valence-corrected chi connectivity index (χ3v) is 3.85. The molecule has 0 radical (unpaired) electrons. The van der Waals surface area contributed by atoms with Gasteiger partial charge in [0.1, 0.15) is 5.41 Å². The Balaban J connectivity index is 2.45. The number of hydrogen-bond donors (Lipinski definition) is 1. The molecular formula is C14H16N2O2S. The minimum atomic E-state index is -0.871. The molecule has 1 unspecified atom stereocenters. The smallest absolute Gasteiger partial charge is 0.317 e. The number of hydrogen-bond acceptors (Lipinski definition) is 5. The van der Waals surface area contributed by atoms with Crippen LogP contribution in [-0.2, 0) is 21.4 Å². The van der Waals surface area contributed by atoms with E-state index in [9.17, 15) is 4.79 Å². The molecule has 1 aromatic carbocycles. The van der Waals surface area contributed by atoms with Gasteiger partial charge in [0.2, 0.25) is 0 Å². The highest BCUT2D eigenvalue weighted by molar-refractivity contribution is 7.07. The molecule has 0 spiro atoms. The maximum Gasteiger partial charge on any atom is 0.317 e. The van der Waals surface area contributed by atoms with Gasteiger partial charge in [-0.1, -0.05) is 30.3 Å². The molecule has 1 atom stereocenters. The monoisotopic (exact) mass is 276 g/mol. The molecule has 0 aliphatic rings. The summed E-state index contributed by atoms with van der Waals surface area (Å²) < 4.78 is 4.97. The maximum atomic E-state index is 12.3. The number of esters is 1. The summed E-state index contributed by atoms with van der Waals surface area (Å²) in [7, 11) is 1.39. The van der Waals surface area contributed by atoms with Gasteiger partial charge in [-0.25, -0.2) is 4.98 Å². The molecule has 1 aromatic heterocycles. The van der Waals surface area contributed by atoms with Crippen LogP contribution in [0.25, 0.3) is 0 Å². The lowest BCUT2D eigenvalue weighted by Gasteiger charge is -2.29. The van der Waals surface area contributed by atoms with Crippen LogP contribution >= 0.6 is 11.3 Å². The average Bonchev–Trinajstić information content (AvgIpc) is 2.97. The molecule has 0 aliphatic carbocycles. The van der Waals surface area contributed by atoms with E-state index in [1.54, 1.807) is 5.51 Å². The second-order valence-electron chi connectivity index (χ2n) is 4.30. The van der Waals surface area contributed by atoms with Crippen LogP contribution in [0.5, 0.6) is 0 Å². The predicted molar refractivity (Wildman–Crippen MR) is 75.0 cm³/mol. The highest BCUT2D eigenvalue weighted by Crippen LogP contribution is 2.29. The van der Waals surface area contributed by atoms with Gasteiger partial charge in [0.15, 0.2) is 0 Å². The molecule has 0 bridgehead atoms. The highest BCUT2D eigenvalue weighted by Gasteiger charge is 2.40. The Morgan fingerprint density at radius 1 is 1.42 bits per heavy atom. The van der Waals surface area contributed by atoms with Crippen molar-refractivity contribution >= 4 is 17.3 Å². The molecule has 0 saturated carbocycles. The van der Waals surface area contributed by atoms with Crippen LogP contribution in [0.2, 0.25) is 0 Å². The summed E-state index contributed by atoms with van der Waals surface area (Å²) in [4.78, 5) is 16.5. The van der Waals surface area contributed by atoms with E-state index in [1.807, 2.05) is 35.7 Å². The number of nitrogens with zero attached hydrogens (tertiary/aromatic N) is 1. The van der Waals surface area contributed by atoms with Crippen molar-refractivity contribution in [2.75, 3.05) is 13.7 Å². The van der Waals surface area contributed by atoms with Gasteiger partial charge in [0.25, 0.3) is 0 Å². The van der Waals surface area contributed by atoms with Crippen LogP contribution in [0, 0.1) is 0 Å².